The zero-order chi connectivity index (χ0) is 31.7. The van der Waals surface area contributed by atoms with E-state index in [9.17, 15) is 23.1 Å². The maximum Gasteiger partial charge on any atom is 0.336 e. The van der Waals surface area contributed by atoms with Crippen LogP contribution in [0.1, 0.15) is 78.2 Å². The molecule has 0 unspecified atom stereocenters. The maximum absolute atomic E-state index is 12.4. The van der Waals surface area contributed by atoms with Crippen LogP contribution in [0, 0.1) is 55.4 Å². The molecule has 6 nitrogen and oxygen atoms in total. The lowest BCUT2D eigenvalue weighted by atomic mass is 9.93. The fourth-order valence-corrected chi connectivity index (χ4v) is 4.74. The third-order valence-electron chi connectivity index (χ3n) is 7.73. The van der Waals surface area contributed by atoms with E-state index in [-0.39, 0.29) is 21.6 Å². The van der Waals surface area contributed by atoms with Gasteiger partial charge in [-0.2, -0.15) is 8.42 Å². The minimum absolute atomic E-state index is 0. The average molecular weight is 614 g/mol. The van der Waals surface area contributed by atoms with Crippen molar-refractivity contribution in [2.75, 3.05) is 6.26 Å². The number of fused-ring (bicyclic) bond motifs is 3. The maximum atomic E-state index is 12.4. The quantitative estimate of drug-likeness (QED) is 0.154. The molecule has 44 heavy (non-hydrogen) atoms. The highest BCUT2D eigenvalue weighted by molar-refractivity contribution is 7.85. The number of carbonyl (C=O) groups excluding carboxylic acids is 1. The number of carboxylic acids is 1. The Morgan fingerprint density at radius 1 is 0.568 bits per heavy atom. The molecular formula is C36H42BO6S. The number of aromatic carboxylic acids is 1. The Bertz CT molecular complexity index is 1770. The Labute approximate surface area is 264 Å². The summed E-state index contributed by atoms with van der Waals surface area (Å²) >= 11 is 0. The van der Waals surface area contributed by atoms with Crippen molar-refractivity contribution in [2.24, 2.45) is 0 Å². The molecule has 0 saturated heterocycles. The van der Waals surface area contributed by atoms with Gasteiger partial charge < -0.3 is 5.11 Å². The number of ketones is 1. The molecule has 0 bridgehead atoms. The molecule has 0 aromatic heterocycles. The molecule has 8 heteroatoms. The summed E-state index contributed by atoms with van der Waals surface area (Å²) in [6, 6.07) is 18.1. The smallest absolute Gasteiger partial charge is 0.336 e. The summed E-state index contributed by atoms with van der Waals surface area (Å²) in [6.07, 6.45) is 0.715. The fraction of sp³-hybridized carbons (Fsp3) is 0.278. The lowest BCUT2D eigenvalue weighted by Gasteiger charge is -2.12. The fourth-order valence-electron chi connectivity index (χ4n) is 4.74. The Morgan fingerprint density at radius 3 is 1.25 bits per heavy atom. The molecular weight excluding hydrogens is 571 g/mol. The lowest BCUT2D eigenvalue weighted by Crippen LogP contribution is -2.02. The van der Waals surface area contributed by atoms with Crippen molar-refractivity contribution < 1.29 is 27.7 Å². The van der Waals surface area contributed by atoms with Crippen molar-refractivity contribution in [3.8, 4) is 22.3 Å². The Morgan fingerprint density at radius 2 is 0.886 bits per heavy atom. The van der Waals surface area contributed by atoms with Crippen LogP contribution < -0.4 is 0 Å². The van der Waals surface area contributed by atoms with Crippen molar-refractivity contribution in [1.82, 2.24) is 0 Å². The predicted molar refractivity (Wildman–Crippen MR) is 182 cm³/mol. The SMILES string of the molecule is C.CS(=O)(=O)O.Cc1cc2c(cc1C)-c1cc(C)c(C)cc1C2=O.Cc1ccc(-c2cc(C)c(C)cc2C(=O)O)cc1C.[B]. The zero-order valence-corrected chi connectivity index (χ0v) is 27.0. The Kier molecular flexibility index (Phi) is 12.7. The van der Waals surface area contributed by atoms with Crippen LogP contribution in [0.3, 0.4) is 0 Å². The van der Waals surface area contributed by atoms with Gasteiger partial charge >= 0.3 is 5.97 Å². The van der Waals surface area contributed by atoms with Gasteiger partial charge in [0.05, 0.1) is 11.8 Å². The van der Waals surface area contributed by atoms with Gasteiger partial charge in [0.25, 0.3) is 10.1 Å². The molecule has 1 aliphatic rings. The van der Waals surface area contributed by atoms with E-state index >= 15 is 0 Å². The third-order valence-corrected chi connectivity index (χ3v) is 7.73. The van der Waals surface area contributed by atoms with Gasteiger partial charge in [-0.25, -0.2) is 4.79 Å². The number of hydrogen-bond acceptors (Lipinski definition) is 4. The second-order valence-electron chi connectivity index (χ2n) is 11.1. The standard InChI is InChI=1S/C17H18O2.C17H16O.CH4O3S.CH4.B/c1-10-5-6-14(7-11(10)2)15-8-12(3)13(4)9-16(15)17(18)19;1-9-5-13-14-6-10(2)12(4)8-16(14)17(18)15(13)7-11(9)3;1-5(2,3)4;;/h5-9H,1-4H3,(H,18,19);5-8H,1-4H3;1H3,(H,2,3,4);1H4;. The topological polar surface area (TPSA) is 109 Å². The number of benzene rings is 4. The van der Waals surface area contributed by atoms with Gasteiger partial charge in [-0.3, -0.25) is 9.35 Å². The first kappa shape index (κ1) is 38.0. The molecule has 0 amide bonds. The van der Waals surface area contributed by atoms with Crippen LogP contribution in [0.25, 0.3) is 22.3 Å². The van der Waals surface area contributed by atoms with Gasteiger partial charge in [-0.05, 0) is 140 Å². The summed E-state index contributed by atoms with van der Waals surface area (Å²) in [5.74, 6) is -0.706. The van der Waals surface area contributed by atoms with E-state index in [1.165, 1.54) is 33.4 Å². The summed E-state index contributed by atoms with van der Waals surface area (Å²) < 4.78 is 25.9. The summed E-state index contributed by atoms with van der Waals surface area (Å²) in [5, 5.41) is 9.37. The molecule has 2 N–H and O–H groups in total. The van der Waals surface area contributed by atoms with Crippen LogP contribution >= 0.6 is 0 Å². The molecule has 4 aromatic rings. The molecule has 5 rings (SSSR count). The van der Waals surface area contributed by atoms with Gasteiger partial charge in [0.15, 0.2) is 5.78 Å². The molecule has 1 aliphatic carbocycles. The normalized spacial score (nSPS) is 11.0. The average Bonchev–Trinajstić information content (AvgIpc) is 3.12. The van der Waals surface area contributed by atoms with Crippen molar-refractivity contribution in [2.45, 2.75) is 62.8 Å². The molecule has 0 fully saturated rings. The molecule has 231 valence electrons. The zero-order valence-electron chi connectivity index (χ0n) is 26.2. The van der Waals surface area contributed by atoms with Crippen LogP contribution in [-0.4, -0.2) is 44.5 Å². The van der Waals surface area contributed by atoms with E-state index in [4.69, 9.17) is 4.55 Å². The monoisotopic (exact) mass is 613 g/mol. The van der Waals surface area contributed by atoms with E-state index in [0.29, 0.717) is 11.8 Å². The minimum Gasteiger partial charge on any atom is -0.478 e. The first-order valence-corrected chi connectivity index (χ1v) is 15.4. The number of carboxylic acid groups (broad SMARTS) is 1. The van der Waals surface area contributed by atoms with Crippen molar-refractivity contribution in [1.29, 1.82) is 0 Å². The summed E-state index contributed by atoms with van der Waals surface area (Å²) in [4.78, 5) is 23.8. The minimum atomic E-state index is -3.67. The van der Waals surface area contributed by atoms with Crippen LogP contribution in [0.15, 0.2) is 54.6 Å². The highest BCUT2D eigenvalue weighted by Crippen LogP contribution is 2.39. The molecule has 0 atom stereocenters. The second kappa shape index (κ2) is 14.6. The van der Waals surface area contributed by atoms with Crippen molar-refractivity contribution in [3.05, 3.63) is 116 Å². The molecule has 3 radical (unpaired) electrons. The van der Waals surface area contributed by atoms with E-state index < -0.39 is 16.1 Å². The molecule has 0 heterocycles. The van der Waals surface area contributed by atoms with Crippen LogP contribution in [0.4, 0.5) is 0 Å². The highest BCUT2D eigenvalue weighted by atomic mass is 32.2. The molecule has 0 aliphatic heterocycles. The highest BCUT2D eigenvalue weighted by Gasteiger charge is 2.27. The first-order chi connectivity index (χ1) is 19.4. The van der Waals surface area contributed by atoms with Crippen LogP contribution in [-0.2, 0) is 10.1 Å². The van der Waals surface area contributed by atoms with Crippen molar-refractivity contribution in [3.63, 3.8) is 0 Å². The molecule has 0 saturated carbocycles. The number of rotatable bonds is 2. The van der Waals surface area contributed by atoms with Crippen molar-refractivity contribution >= 4 is 30.3 Å². The van der Waals surface area contributed by atoms with Gasteiger partial charge in [0.2, 0.25) is 0 Å². The van der Waals surface area contributed by atoms with Gasteiger partial charge in [0, 0.05) is 19.5 Å². The summed E-state index contributed by atoms with van der Waals surface area (Å²) in [7, 11) is -3.67. The van der Waals surface area contributed by atoms with E-state index in [1.54, 1.807) is 6.07 Å². The summed E-state index contributed by atoms with van der Waals surface area (Å²) in [5.41, 5.74) is 15.4. The van der Waals surface area contributed by atoms with Gasteiger partial charge in [-0.1, -0.05) is 43.8 Å². The predicted octanol–water partition coefficient (Wildman–Crippen LogP) is 8.18. The largest absolute Gasteiger partial charge is 0.478 e. The van der Waals surface area contributed by atoms with E-state index in [0.717, 1.165) is 44.5 Å². The van der Waals surface area contributed by atoms with Crippen LogP contribution in [0.5, 0.6) is 0 Å². The number of aryl methyl sites for hydroxylation is 8. The second-order valence-corrected chi connectivity index (χ2v) is 12.6. The molecule has 4 aromatic carbocycles. The number of carbonyl (C=O) groups is 2. The lowest BCUT2D eigenvalue weighted by molar-refractivity contribution is 0.0697. The van der Waals surface area contributed by atoms with E-state index in [1.807, 2.05) is 57.2 Å². The van der Waals surface area contributed by atoms with Gasteiger partial charge in [0.1, 0.15) is 0 Å². The number of hydrogen-bond donors (Lipinski definition) is 2. The van der Waals surface area contributed by atoms with Gasteiger partial charge in [-0.15, -0.1) is 0 Å². The van der Waals surface area contributed by atoms with Crippen LogP contribution in [0.2, 0.25) is 0 Å². The molecule has 0 spiro atoms. The van der Waals surface area contributed by atoms with E-state index in [2.05, 4.69) is 46.8 Å². The third kappa shape index (κ3) is 8.77. The Balaban J connectivity index is 0.000000368. The Hall–Kier alpha value is -4.01. The first-order valence-electron chi connectivity index (χ1n) is 13.5. The summed E-state index contributed by atoms with van der Waals surface area (Å²) in [6.45, 7) is 16.3.